The second kappa shape index (κ2) is 18.6. The number of nitrogens with one attached hydrogen (secondary N) is 2. The molecular formula is C30H38ClF3N4O2S. The molecule has 1 amide bonds. The van der Waals surface area contributed by atoms with E-state index >= 15 is 0 Å². The number of hydrogen-bond donors (Lipinski definition) is 2. The molecule has 224 valence electrons. The topological polar surface area (TPSA) is 77.8 Å². The molecule has 0 bridgehead atoms. The Balaban J connectivity index is 0.000000629. The summed E-state index contributed by atoms with van der Waals surface area (Å²) in [7, 11) is 0. The van der Waals surface area contributed by atoms with Crippen molar-refractivity contribution in [3.63, 3.8) is 0 Å². The van der Waals surface area contributed by atoms with E-state index in [2.05, 4.69) is 16.9 Å². The zero-order valence-electron chi connectivity index (χ0n) is 23.5. The van der Waals surface area contributed by atoms with Gasteiger partial charge < -0.3 is 20.4 Å². The molecule has 1 aromatic rings. The standard InChI is InChI=1S/C24H34F2N4O2S.C6H4ClF/c1-4-11-32-12-7-10-23(31)29-18-14-21-19(20(27)8-6-9-22(25)26)15-28-24(30(21)16-18)17(3)33-13-5-2;7-5-2-1-3-6(8)4-5/h5-6,8,13,18,22,27H,3-4,7,9-12,14-16H2,1-2H3,(H,29,31);1-4H/b8-6-,13-5-,27-20?;. The first-order valence-corrected chi connectivity index (χ1v) is 14.7. The number of halogens is 4. The van der Waals surface area contributed by atoms with E-state index in [1.165, 1.54) is 36.0 Å². The number of aliphatic imine (C=N–C) groups is 1. The quantitative estimate of drug-likeness (QED) is 0.168. The Kier molecular flexibility index (Phi) is 15.6. The Bertz CT molecular complexity index is 1150. The fourth-order valence-corrected chi connectivity index (χ4v) is 4.84. The van der Waals surface area contributed by atoms with Crippen molar-refractivity contribution in [2.24, 2.45) is 4.99 Å². The van der Waals surface area contributed by atoms with Crippen molar-refractivity contribution < 1.29 is 22.7 Å². The van der Waals surface area contributed by atoms with Crippen molar-refractivity contribution in [2.75, 3.05) is 26.3 Å². The van der Waals surface area contributed by atoms with Crippen LogP contribution in [0, 0.1) is 11.2 Å². The molecule has 2 N–H and O–H groups in total. The number of hydrogen-bond acceptors (Lipinski definition) is 6. The average molecular weight is 611 g/mol. The first-order chi connectivity index (χ1) is 19.7. The van der Waals surface area contributed by atoms with E-state index in [4.69, 9.17) is 21.7 Å². The van der Waals surface area contributed by atoms with Crippen LogP contribution in [0.5, 0.6) is 0 Å². The number of nitrogens with zero attached hydrogens (tertiary/aromatic N) is 2. The van der Waals surface area contributed by atoms with Crippen LogP contribution in [0.3, 0.4) is 0 Å². The second-order valence-corrected chi connectivity index (χ2v) is 10.7. The Morgan fingerprint density at radius 1 is 1.39 bits per heavy atom. The number of alkyl halides is 2. The summed E-state index contributed by atoms with van der Waals surface area (Å²) in [6.07, 6.45) is 4.39. The summed E-state index contributed by atoms with van der Waals surface area (Å²) in [6.45, 7) is 10.2. The van der Waals surface area contributed by atoms with Gasteiger partial charge in [0, 0.05) is 60.2 Å². The monoisotopic (exact) mass is 610 g/mol. The van der Waals surface area contributed by atoms with Gasteiger partial charge in [-0.3, -0.25) is 9.79 Å². The van der Waals surface area contributed by atoms with Crippen LogP contribution in [-0.2, 0) is 9.53 Å². The maximum atomic E-state index is 12.5. The molecule has 1 saturated heterocycles. The second-order valence-electron chi connectivity index (χ2n) is 9.25. The van der Waals surface area contributed by atoms with Crippen LogP contribution < -0.4 is 5.32 Å². The van der Waals surface area contributed by atoms with Crippen LogP contribution in [0.15, 0.2) is 75.6 Å². The Morgan fingerprint density at radius 2 is 2.17 bits per heavy atom. The average Bonchev–Trinajstić information content (AvgIpc) is 3.34. The summed E-state index contributed by atoms with van der Waals surface area (Å²) in [6, 6.07) is 5.69. The molecule has 2 aliphatic rings. The van der Waals surface area contributed by atoms with E-state index < -0.39 is 6.43 Å². The molecule has 3 rings (SSSR count). The number of thioether (sulfide) groups is 1. The predicted octanol–water partition coefficient (Wildman–Crippen LogP) is 7.54. The van der Waals surface area contributed by atoms with Gasteiger partial charge in [-0.1, -0.05) is 55.1 Å². The van der Waals surface area contributed by atoms with Gasteiger partial charge in [0.2, 0.25) is 12.3 Å². The number of carbonyl (C=O) groups excluding carboxylic acids is 1. The maximum Gasteiger partial charge on any atom is 0.242 e. The van der Waals surface area contributed by atoms with Crippen molar-refractivity contribution in [1.29, 1.82) is 5.41 Å². The smallest absolute Gasteiger partial charge is 0.242 e. The van der Waals surface area contributed by atoms with Crippen molar-refractivity contribution in [3.05, 3.63) is 81.5 Å². The van der Waals surface area contributed by atoms with Crippen LogP contribution in [0.25, 0.3) is 0 Å². The normalized spacial score (nSPS) is 16.6. The number of rotatable bonds is 14. The third-order valence-corrected chi connectivity index (χ3v) is 6.98. The first-order valence-electron chi connectivity index (χ1n) is 13.5. The van der Waals surface area contributed by atoms with E-state index in [9.17, 15) is 18.0 Å². The molecule has 2 aliphatic heterocycles. The molecule has 41 heavy (non-hydrogen) atoms. The van der Waals surface area contributed by atoms with Gasteiger partial charge in [0.05, 0.1) is 18.3 Å². The number of benzene rings is 1. The fourth-order valence-electron chi connectivity index (χ4n) is 4.08. The van der Waals surface area contributed by atoms with Gasteiger partial charge in [-0.25, -0.2) is 13.2 Å². The lowest BCUT2D eigenvalue weighted by Gasteiger charge is -2.29. The lowest BCUT2D eigenvalue weighted by molar-refractivity contribution is -0.122. The number of allylic oxidation sites excluding steroid dienone is 3. The number of amidine groups is 1. The molecule has 0 aromatic heterocycles. The van der Waals surface area contributed by atoms with Gasteiger partial charge in [0.25, 0.3) is 0 Å². The summed E-state index contributed by atoms with van der Waals surface area (Å²) < 4.78 is 42.5. The highest BCUT2D eigenvalue weighted by Gasteiger charge is 2.36. The van der Waals surface area contributed by atoms with Gasteiger partial charge in [-0.2, -0.15) is 0 Å². The molecule has 6 nitrogen and oxygen atoms in total. The minimum absolute atomic E-state index is 0.0328. The van der Waals surface area contributed by atoms with Gasteiger partial charge in [-0.05, 0) is 49.4 Å². The molecule has 2 heterocycles. The number of fused-ring (bicyclic) bond motifs is 1. The minimum Gasteiger partial charge on any atom is -0.381 e. The first kappa shape index (κ1) is 34.4. The lowest BCUT2D eigenvalue weighted by Crippen LogP contribution is -2.39. The molecule has 1 unspecified atom stereocenters. The summed E-state index contributed by atoms with van der Waals surface area (Å²) in [5.74, 6) is 0.401. The van der Waals surface area contributed by atoms with Crippen LogP contribution >= 0.6 is 23.4 Å². The number of amides is 1. The van der Waals surface area contributed by atoms with E-state index in [0.29, 0.717) is 49.6 Å². The van der Waals surface area contributed by atoms with Crippen molar-refractivity contribution in [1.82, 2.24) is 10.2 Å². The molecule has 11 heteroatoms. The van der Waals surface area contributed by atoms with Crippen LogP contribution in [-0.4, -0.2) is 61.1 Å². The minimum atomic E-state index is -2.44. The van der Waals surface area contributed by atoms with Crippen LogP contribution in [0.2, 0.25) is 5.02 Å². The fraction of sp³-hybridized carbons (Fsp3) is 0.433. The van der Waals surface area contributed by atoms with Gasteiger partial charge in [-0.15, -0.1) is 0 Å². The third-order valence-electron chi connectivity index (χ3n) is 5.87. The van der Waals surface area contributed by atoms with Crippen molar-refractivity contribution in [3.8, 4) is 0 Å². The van der Waals surface area contributed by atoms with E-state index in [0.717, 1.165) is 22.9 Å². The Labute approximate surface area is 250 Å². The lowest BCUT2D eigenvalue weighted by atomic mass is 10.0. The van der Waals surface area contributed by atoms with Gasteiger partial charge >= 0.3 is 0 Å². The molecule has 0 radical (unpaired) electrons. The van der Waals surface area contributed by atoms with Gasteiger partial charge in [0.15, 0.2) is 0 Å². The molecule has 1 fully saturated rings. The summed E-state index contributed by atoms with van der Waals surface area (Å²) in [4.78, 5) is 19.9. The molecule has 1 aromatic carbocycles. The van der Waals surface area contributed by atoms with E-state index in [1.54, 1.807) is 12.1 Å². The summed E-state index contributed by atoms with van der Waals surface area (Å²) in [5.41, 5.74) is 1.76. The van der Waals surface area contributed by atoms with Gasteiger partial charge in [0.1, 0.15) is 11.7 Å². The Morgan fingerprint density at radius 3 is 2.80 bits per heavy atom. The van der Waals surface area contributed by atoms with Crippen LogP contribution in [0.1, 0.15) is 46.0 Å². The maximum absolute atomic E-state index is 12.5. The van der Waals surface area contributed by atoms with E-state index in [1.807, 2.05) is 30.2 Å². The van der Waals surface area contributed by atoms with Crippen molar-refractivity contribution in [2.45, 2.75) is 58.4 Å². The summed E-state index contributed by atoms with van der Waals surface area (Å²) >= 11 is 6.87. The number of carbonyl (C=O) groups is 1. The molecule has 0 spiro atoms. The highest BCUT2D eigenvalue weighted by molar-refractivity contribution is 8.06. The highest BCUT2D eigenvalue weighted by Crippen LogP contribution is 2.33. The predicted molar refractivity (Wildman–Crippen MR) is 163 cm³/mol. The zero-order chi connectivity index (χ0) is 30.2. The molecule has 0 saturated carbocycles. The SMILES string of the molecule is C=C(S/C=C\C)C1=NCC(C(=N)/C=C\CC(F)F)=C2CC(NC(=O)CCCOCCC)CN12.Fc1cccc(Cl)c1. The van der Waals surface area contributed by atoms with Crippen molar-refractivity contribution >= 4 is 40.8 Å². The zero-order valence-corrected chi connectivity index (χ0v) is 25.0. The van der Waals surface area contributed by atoms with Crippen LogP contribution in [0.4, 0.5) is 13.2 Å². The summed E-state index contributed by atoms with van der Waals surface area (Å²) in [5, 5.41) is 13.8. The molecular weight excluding hydrogens is 573 g/mol. The Hall–Kier alpha value is -2.82. The number of ether oxygens (including phenoxy) is 1. The van der Waals surface area contributed by atoms with E-state index in [-0.39, 0.29) is 36.4 Å². The molecule has 1 atom stereocenters. The molecule has 0 aliphatic carbocycles. The largest absolute Gasteiger partial charge is 0.381 e. The highest BCUT2D eigenvalue weighted by atomic mass is 35.5. The third kappa shape index (κ3) is 12.3.